The molecular formula is C16H19FN2O2. The fourth-order valence-electron chi connectivity index (χ4n) is 2.76. The Morgan fingerprint density at radius 3 is 3.14 bits per heavy atom. The summed E-state index contributed by atoms with van der Waals surface area (Å²) in [5, 5.41) is 3.70. The number of fused-ring (bicyclic) bond motifs is 1. The van der Waals surface area contributed by atoms with E-state index in [0.717, 1.165) is 32.6 Å². The van der Waals surface area contributed by atoms with E-state index in [1.165, 1.54) is 12.1 Å². The van der Waals surface area contributed by atoms with Crippen molar-refractivity contribution in [1.29, 1.82) is 0 Å². The van der Waals surface area contributed by atoms with Crippen molar-refractivity contribution in [3.63, 3.8) is 0 Å². The van der Waals surface area contributed by atoms with Gasteiger partial charge in [-0.25, -0.2) is 4.39 Å². The van der Waals surface area contributed by atoms with E-state index in [1.54, 1.807) is 12.1 Å². The minimum atomic E-state index is -0.396. The number of aromatic amines is 1. The summed E-state index contributed by atoms with van der Waals surface area (Å²) in [6.07, 6.45) is 2.26. The fourth-order valence-corrected chi connectivity index (χ4v) is 2.76. The molecule has 1 aliphatic rings. The Kier molecular flexibility index (Phi) is 4.31. The van der Waals surface area contributed by atoms with Gasteiger partial charge >= 0.3 is 0 Å². The molecule has 1 aliphatic heterocycles. The van der Waals surface area contributed by atoms with Gasteiger partial charge in [0.05, 0.1) is 12.1 Å². The maximum atomic E-state index is 13.8. The monoisotopic (exact) mass is 290 g/mol. The van der Waals surface area contributed by atoms with Crippen molar-refractivity contribution >= 4 is 10.9 Å². The number of rotatable bonds is 4. The number of hydrogen-bond donors (Lipinski definition) is 2. The summed E-state index contributed by atoms with van der Waals surface area (Å²) in [6.45, 7) is 3.01. The molecule has 0 saturated carbocycles. The molecule has 0 spiro atoms. The molecule has 21 heavy (non-hydrogen) atoms. The zero-order valence-corrected chi connectivity index (χ0v) is 11.8. The molecule has 1 saturated heterocycles. The smallest absolute Gasteiger partial charge is 0.189 e. The molecule has 0 aliphatic carbocycles. The zero-order chi connectivity index (χ0) is 14.7. The number of ether oxygens (including phenoxy) is 1. The van der Waals surface area contributed by atoms with Gasteiger partial charge in [0.1, 0.15) is 5.82 Å². The number of benzene rings is 1. The lowest BCUT2D eigenvalue weighted by Gasteiger charge is -2.22. The molecule has 1 aromatic heterocycles. The van der Waals surface area contributed by atoms with Gasteiger partial charge in [0.15, 0.2) is 5.43 Å². The van der Waals surface area contributed by atoms with Gasteiger partial charge in [-0.15, -0.1) is 0 Å². The molecule has 112 valence electrons. The minimum absolute atomic E-state index is 0.152. The van der Waals surface area contributed by atoms with Crippen LogP contribution in [0.15, 0.2) is 29.1 Å². The van der Waals surface area contributed by atoms with Gasteiger partial charge in [0, 0.05) is 36.8 Å². The van der Waals surface area contributed by atoms with E-state index >= 15 is 0 Å². The van der Waals surface area contributed by atoms with Gasteiger partial charge in [-0.3, -0.25) is 4.79 Å². The second-order valence-electron chi connectivity index (χ2n) is 5.54. The summed E-state index contributed by atoms with van der Waals surface area (Å²) < 4.78 is 19.2. The molecule has 2 heterocycles. The lowest BCUT2D eigenvalue weighted by molar-refractivity contribution is 0.0547. The SMILES string of the molecule is O=c1cc(CNC[C@@H]2CCCOC2)[nH]c2c(F)cccc12. The molecule has 1 aromatic carbocycles. The van der Waals surface area contributed by atoms with Crippen LogP contribution in [0, 0.1) is 11.7 Å². The normalized spacial score (nSPS) is 19.0. The Labute approximate surface area is 122 Å². The zero-order valence-electron chi connectivity index (χ0n) is 11.8. The molecule has 2 N–H and O–H groups in total. The Hall–Kier alpha value is -1.72. The van der Waals surface area contributed by atoms with E-state index in [0.29, 0.717) is 23.5 Å². The van der Waals surface area contributed by atoms with E-state index in [9.17, 15) is 9.18 Å². The summed E-state index contributed by atoms with van der Waals surface area (Å²) >= 11 is 0. The summed E-state index contributed by atoms with van der Waals surface area (Å²) in [7, 11) is 0. The van der Waals surface area contributed by atoms with Crippen LogP contribution in [0.25, 0.3) is 10.9 Å². The van der Waals surface area contributed by atoms with Crippen molar-refractivity contribution in [2.45, 2.75) is 19.4 Å². The number of aromatic nitrogens is 1. The lowest BCUT2D eigenvalue weighted by Crippen LogP contribution is -2.29. The van der Waals surface area contributed by atoms with Crippen LogP contribution in [0.3, 0.4) is 0 Å². The van der Waals surface area contributed by atoms with Gasteiger partial charge in [0.2, 0.25) is 0 Å². The highest BCUT2D eigenvalue weighted by Gasteiger charge is 2.13. The molecular weight excluding hydrogens is 271 g/mol. The highest BCUT2D eigenvalue weighted by Crippen LogP contribution is 2.14. The van der Waals surface area contributed by atoms with E-state index < -0.39 is 5.82 Å². The fraction of sp³-hybridized carbons (Fsp3) is 0.438. The molecule has 4 nitrogen and oxygen atoms in total. The third-order valence-electron chi connectivity index (χ3n) is 3.87. The maximum absolute atomic E-state index is 13.8. The number of nitrogens with one attached hydrogen (secondary N) is 2. The van der Waals surface area contributed by atoms with Gasteiger partial charge in [-0.1, -0.05) is 6.07 Å². The summed E-state index contributed by atoms with van der Waals surface area (Å²) in [4.78, 5) is 15.0. The van der Waals surface area contributed by atoms with Crippen molar-refractivity contribution in [2.75, 3.05) is 19.8 Å². The predicted molar refractivity (Wildman–Crippen MR) is 79.8 cm³/mol. The van der Waals surface area contributed by atoms with Crippen molar-refractivity contribution in [2.24, 2.45) is 5.92 Å². The first-order valence-electron chi connectivity index (χ1n) is 7.33. The van der Waals surface area contributed by atoms with E-state index in [4.69, 9.17) is 4.74 Å². The lowest BCUT2D eigenvalue weighted by atomic mass is 10.0. The minimum Gasteiger partial charge on any atom is -0.381 e. The number of halogens is 1. The van der Waals surface area contributed by atoms with Crippen molar-refractivity contribution < 1.29 is 9.13 Å². The summed E-state index contributed by atoms with van der Waals surface area (Å²) in [5.41, 5.74) is 0.832. The van der Waals surface area contributed by atoms with Crippen LogP contribution in [0.5, 0.6) is 0 Å². The standard InChI is InChI=1S/C16H19FN2O2/c17-14-5-1-4-13-15(20)7-12(19-16(13)14)9-18-8-11-3-2-6-21-10-11/h1,4-5,7,11,18H,2-3,6,8-10H2,(H,19,20)/t11-/m0/s1. The Bertz CT molecular complexity index is 678. The molecule has 2 aromatic rings. The van der Waals surface area contributed by atoms with Crippen LogP contribution < -0.4 is 10.7 Å². The Morgan fingerprint density at radius 1 is 1.43 bits per heavy atom. The van der Waals surface area contributed by atoms with E-state index in [1.807, 2.05) is 0 Å². The number of pyridine rings is 1. The third kappa shape index (κ3) is 3.31. The van der Waals surface area contributed by atoms with Gasteiger partial charge in [0.25, 0.3) is 0 Å². The molecule has 0 bridgehead atoms. The van der Waals surface area contributed by atoms with E-state index in [2.05, 4.69) is 10.3 Å². The van der Waals surface area contributed by atoms with Crippen LogP contribution in [-0.2, 0) is 11.3 Å². The van der Waals surface area contributed by atoms with Crippen LogP contribution in [0.1, 0.15) is 18.5 Å². The molecule has 0 unspecified atom stereocenters. The third-order valence-corrected chi connectivity index (χ3v) is 3.87. The average molecular weight is 290 g/mol. The highest BCUT2D eigenvalue weighted by molar-refractivity contribution is 5.78. The van der Waals surface area contributed by atoms with Crippen LogP contribution in [0.2, 0.25) is 0 Å². The molecule has 0 radical (unpaired) electrons. The van der Waals surface area contributed by atoms with Crippen molar-refractivity contribution in [1.82, 2.24) is 10.3 Å². The highest BCUT2D eigenvalue weighted by atomic mass is 19.1. The Morgan fingerprint density at radius 2 is 2.33 bits per heavy atom. The maximum Gasteiger partial charge on any atom is 0.189 e. The van der Waals surface area contributed by atoms with Crippen LogP contribution >= 0.6 is 0 Å². The van der Waals surface area contributed by atoms with Crippen LogP contribution in [-0.4, -0.2) is 24.7 Å². The van der Waals surface area contributed by atoms with Crippen molar-refractivity contribution in [3.05, 3.63) is 46.0 Å². The quantitative estimate of drug-likeness (QED) is 0.907. The molecule has 0 amide bonds. The Balaban J connectivity index is 1.69. The van der Waals surface area contributed by atoms with Gasteiger partial charge in [-0.2, -0.15) is 0 Å². The molecule has 1 atom stereocenters. The first-order valence-corrected chi connectivity index (χ1v) is 7.33. The second-order valence-corrected chi connectivity index (χ2v) is 5.54. The number of H-pyrrole nitrogens is 1. The number of para-hydroxylation sites is 1. The average Bonchev–Trinajstić information content (AvgIpc) is 2.50. The van der Waals surface area contributed by atoms with Gasteiger partial charge < -0.3 is 15.0 Å². The first-order chi connectivity index (χ1) is 10.2. The van der Waals surface area contributed by atoms with E-state index in [-0.39, 0.29) is 10.9 Å². The topological polar surface area (TPSA) is 54.1 Å². The summed E-state index contributed by atoms with van der Waals surface area (Å²) in [5.74, 6) is 0.120. The summed E-state index contributed by atoms with van der Waals surface area (Å²) in [6, 6.07) is 6.07. The van der Waals surface area contributed by atoms with Crippen molar-refractivity contribution in [3.8, 4) is 0 Å². The molecule has 3 rings (SSSR count). The molecule has 1 fully saturated rings. The first kappa shape index (κ1) is 14.2. The van der Waals surface area contributed by atoms with Gasteiger partial charge in [-0.05, 0) is 30.9 Å². The molecule has 5 heteroatoms. The predicted octanol–water partition coefficient (Wildman–Crippen LogP) is 2.18. The number of hydrogen-bond acceptors (Lipinski definition) is 3. The van der Waals surface area contributed by atoms with Crippen LogP contribution in [0.4, 0.5) is 4.39 Å². The second kappa shape index (κ2) is 6.37. The largest absolute Gasteiger partial charge is 0.381 e.